The molecule has 3 N–H and O–H groups in total. The van der Waals surface area contributed by atoms with E-state index in [2.05, 4.69) is 6.92 Å². The third kappa shape index (κ3) is 1.17. The molecule has 66 valence electrons. The summed E-state index contributed by atoms with van der Waals surface area (Å²) in [5.41, 5.74) is 5.50. The van der Waals surface area contributed by atoms with E-state index in [4.69, 9.17) is 15.6 Å². The van der Waals surface area contributed by atoms with Crippen LogP contribution in [-0.4, -0.2) is 31.5 Å². The van der Waals surface area contributed by atoms with E-state index < -0.39 is 0 Å². The van der Waals surface area contributed by atoms with Crippen molar-refractivity contribution in [2.45, 2.75) is 13.8 Å². The minimum absolute atomic E-state index is 0.0799. The highest BCUT2D eigenvalue weighted by atomic mass is 16.5. The maximum Gasteiger partial charge on any atom is 0.0548 e. The minimum atomic E-state index is -0.175. The molecule has 1 saturated heterocycles. The number of rotatable bonds is 3. The molecular formula is C8H17NO2. The van der Waals surface area contributed by atoms with Crippen LogP contribution < -0.4 is 5.73 Å². The Kier molecular flexibility index (Phi) is 2.23. The molecule has 11 heavy (non-hydrogen) atoms. The molecule has 1 aliphatic heterocycles. The van der Waals surface area contributed by atoms with Gasteiger partial charge in [-0.3, -0.25) is 0 Å². The Hall–Kier alpha value is -0.120. The Bertz CT molecular complexity index is 139. The minimum Gasteiger partial charge on any atom is -0.396 e. The summed E-state index contributed by atoms with van der Waals surface area (Å²) in [6.07, 6.45) is 0. The lowest BCUT2D eigenvalue weighted by Gasteiger charge is -2.50. The van der Waals surface area contributed by atoms with Crippen LogP contribution in [0.25, 0.3) is 0 Å². The number of aliphatic hydroxyl groups excluding tert-OH is 1. The van der Waals surface area contributed by atoms with Crippen LogP contribution in [0.15, 0.2) is 0 Å². The number of hydrogen-bond donors (Lipinski definition) is 2. The second-order valence-electron chi connectivity index (χ2n) is 3.98. The van der Waals surface area contributed by atoms with Gasteiger partial charge in [-0.1, -0.05) is 13.8 Å². The topological polar surface area (TPSA) is 55.5 Å². The Balaban J connectivity index is 2.67. The van der Waals surface area contributed by atoms with Gasteiger partial charge in [0.15, 0.2) is 0 Å². The zero-order valence-electron chi connectivity index (χ0n) is 7.26. The quantitative estimate of drug-likeness (QED) is 0.608. The molecule has 1 atom stereocenters. The summed E-state index contributed by atoms with van der Waals surface area (Å²) in [5.74, 6) is 0. The summed E-state index contributed by atoms with van der Waals surface area (Å²) < 4.78 is 5.12. The van der Waals surface area contributed by atoms with E-state index in [0.29, 0.717) is 6.54 Å². The van der Waals surface area contributed by atoms with Crippen LogP contribution in [0, 0.1) is 10.8 Å². The Morgan fingerprint density at radius 1 is 1.64 bits per heavy atom. The molecule has 0 amide bonds. The fourth-order valence-corrected chi connectivity index (χ4v) is 1.26. The first-order valence-corrected chi connectivity index (χ1v) is 3.97. The second-order valence-corrected chi connectivity index (χ2v) is 3.98. The van der Waals surface area contributed by atoms with Crippen LogP contribution in [0.4, 0.5) is 0 Å². The van der Waals surface area contributed by atoms with Gasteiger partial charge >= 0.3 is 0 Å². The van der Waals surface area contributed by atoms with E-state index in [1.54, 1.807) is 0 Å². The van der Waals surface area contributed by atoms with E-state index in [-0.39, 0.29) is 17.4 Å². The Morgan fingerprint density at radius 3 is 2.27 bits per heavy atom. The lowest BCUT2D eigenvalue weighted by molar-refractivity contribution is -0.177. The number of aliphatic hydroxyl groups is 1. The van der Waals surface area contributed by atoms with Gasteiger partial charge in [-0.25, -0.2) is 0 Å². The highest BCUT2D eigenvalue weighted by Crippen LogP contribution is 2.43. The summed E-state index contributed by atoms with van der Waals surface area (Å²) in [4.78, 5) is 0. The summed E-state index contributed by atoms with van der Waals surface area (Å²) in [7, 11) is 0. The molecule has 0 aliphatic carbocycles. The van der Waals surface area contributed by atoms with Gasteiger partial charge in [-0.05, 0) is 0 Å². The first kappa shape index (κ1) is 8.97. The molecule has 0 aromatic rings. The monoisotopic (exact) mass is 159 g/mol. The smallest absolute Gasteiger partial charge is 0.0548 e. The van der Waals surface area contributed by atoms with E-state index in [1.807, 2.05) is 6.92 Å². The maximum absolute atomic E-state index is 9.15. The van der Waals surface area contributed by atoms with Crippen molar-refractivity contribution in [2.75, 3.05) is 26.4 Å². The van der Waals surface area contributed by atoms with Gasteiger partial charge in [-0.2, -0.15) is 0 Å². The highest BCUT2D eigenvalue weighted by Gasteiger charge is 2.48. The maximum atomic E-state index is 9.15. The van der Waals surface area contributed by atoms with Crippen molar-refractivity contribution in [3.8, 4) is 0 Å². The van der Waals surface area contributed by atoms with Gasteiger partial charge in [0, 0.05) is 17.4 Å². The molecule has 1 unspecified atom stereocenters. The van der Waals surface area contributed by atoms with Crippen molar-refractivity contribution in [1.82, 2.24) is 0 Å². The molecule has 0 bridgehead atoms. The van der Waals surface area contributed by atoms with Gasteiger partial charge in [0.2, 0.25) is 0 Å². The summed E-state index contributed by atoms with van der Waals surface area (Å²) >= 11 is 0. The average Bonchev–Trinajstić information content (AvgIpc) is 1.98. The molecule has 1 fully saturated rings. The highest BCUT2D eigenvalue weighted by molar-refractivity contribution is 4.97. The number of hydrogen-bond acceptors (Lipinski definition) is 3. The van der Waals surface area contributed by atoms with Gasteiger partial charge in [0.05, 0.1) is 19.8 Å². The van der Waals surface area contributed by atoms with Crippen molar-refractivity contribution in [3.05, 3.63) is 0 Å². The van der Waals surface area contributed by atoms with Crippen molar-refractivity contribution in [2.24, 2.45) is 16.6 Å². The second kappa shape index (κ2) is 2.73. The Morgan fingerprint density at radius 2 is 2.18 bits per heavy atom. The van der Waals surface area contributed by atoms with Crippen molar-refractivity contribution < 1.29 is 9.84 Å². The largest absolute Gasteiger partial charge is 0.396 e. The van der Waals surface area contributed by atoms with Gasteiger partial charge in [-0.15, -0.1) is 0 Å². The molecule has 0 aromatic carbocycles. The van der Waals surface area contributed by atoms with Gasteiger partial charge in [0.1, 0.15) is 0 Å². The van der Waals surface area contributed by atoms with Crippen LogP contribution in [0.3, 0.4) is 0 Å². The zero-order chi connectivity index (χ0) is 8.54. The van der Waals surface area contributed by atoms with Crippen LogP contribution in [0.2, 0.25) is 0 Å². The molecule has 3 nitrogen and oxygen atoms in total. The first-order chi connectivity index (χ1) is 5.08. The lowest BCUT2D eigenvalue weighted by atomic mass is 9.64. The van der Waals surface area contributed by atoms with Crippen molar-refractivity contribution in [1.29, 1.82) is 0 Å². The Labute approximate surface area is 67.5 Å². The molecule has 0 spiro atoms. The molecule has 1 aliphatic rings. The third-order valence-electron chi connectivity index (χ3n) is 3.10. The molecule has 0 radical (unpaired) electrons. The summed E-state index contributed by atoms with van der Waals surface area (Å²) in [6, 6.07) is 0. The predicted octanol–water partition coefficient (Wildman–Crippen LogP) is -0.0198. The standard InChI is InChI=1S/C8H17NO2/c1-7(3-9,4-10)8(2)5-11-6-8/h10H,3-6,9H2,1-2H3. The molecule has 3 heteroatoms. The summed E-state index contributed by atoms with van der Waals surface area (Å²) in [5, 5.41) is 9.15. The predicted molar refractivity (Wildman–Crippen MR) is 43.2 cm³/mol. The van der Waals surface area contributed by atoms with Crippen LogP contribution >= 0.6 is 0 Å². The number of nitrogens with two attached hydrogens (primary N) is 1. The molecule has 1 heterocycles. The molecule has 1 rings (SSSR count). The molecular weight excluding hydrogens is 142 g/mol. The van der Waals surface area contributed by atoms with E-state index in [1.165, 1.54) is 0 Å². The molecule has 0 aromatic heterocycles. The fraction of sp³-hybridized carbons (Fsp3) is 1.00. The van der Waals surface area contributed by atoms with Gasteiger partial charge < -0.3 is 15.6 Å². The average molecular weight is 159 g/mol. The lowest BCUT2D eigenvalue weighted by Crippen LogP contribution is -2.56. The van der Waals surface area contributed by atoms with Gasteiger partial charge in [0.25, 0.3) is 0 Å². The van der Waals surface area contributed by atoms with Crippen molar-refractivity contribution >= 4 is 0 Å². The van der Waals surface area contributed by atoms with Crippen LogP contribution in [0.1, 0.15) is 13.8 Å². The van der Waals surface area contributed by atoms with E-state index in [0.717, 1.165) is 13.2 Å². The normalized spacial score (nSPS) is 27.3. The SMILES string of the molecule is CC(CN)(CO)C1(C)COC1. The number of ether oxygens (including phenoxy) is 1. The first-order valence-electron chi connectivity index (χ1n) is 3.97. The fourth-order valence-electron chi connectivity index (χ4n) is 1.26. The summed E-state index contributed by atoms with van der Waals surface area (Å²) in [6.45, 7) is 6.23. The van der Waals surface area contributed by atoms with E-state index in [9.17, 15) is 0 Å². The molecule has 0 saturated carbocycles. The zero-order valence-corrected chi connectivity index (χ0v) is 7.26. The van der Waals surface area contributed by atoms with Crippen molar-refractivity contribution in [3.63, 3.8) is 0 Å². The third-order valence-corrected chi connectivity index (χ3v) is 3.10. The van der Waals surface area contributed by atoms with Crippen LogP contribution in [0.5, 0.6) is 0 Å². The van der Waals surface area contributed by atoms with Crippen LogP contribution in [-0.2, 0) is 4.74 Å². The van der Waals surface area contributed by atoms with E-state index >= 15 is 0 Å².